The van der Waals surface area contributed by atoms with Gasteiger partial charge in [0.15, 0.2) is 5.11 Å². The molecule has 9 nitrogen and oxygen atoms in total. The number of anilines is 1. The van der Waals surface area contributed by atoms with Crippen LogP contribution in [-0.4, -0.2) is 60.7 Å². The Balaban J connectivity index is 1.54. The number of hydrogen-bond acceptors (Lipinski definition) is 7. The second kappa shape index (κ2) is 11.5. The number of carbonyl (C=O) groups is 1. The van der Waals surface area contributed by atoms with Crippen molar-refractivity contribution in [3.8, 4) is 11.5 Å². The summed E-state index contributed by atoms with van der Waals surface area (Å²) in [6.45, 7) is 4.89. The monoisotopic (exact) mass is 472 g/mol. The van der Waals surface area contributed by atoms with Crippen molar-refractivity contribution in [2.45, 2.75) is 19.8 Å². The van der Waals surface area contributed by atoms with Crippen molar-refractivity contribution >= 4 is 34.6 Å². The third-order valence-corrected chi connectivity index (χ3v) is 5.75. The number of methoxy groups -OCH3 is 1. The molecule has 3 rings (SSSR count). The number of unbranched alkanes of at least 4 members (excludes halogenated alkanes) is 1. The van der Waals surface area contributed by atoms with Crippen molar-refractivity contribution < 1.29 is 19.2 Å². The first-order valence-electron chi connectivity index (χ1n) is 10.8. The number of hydrogen-bond donors (Lipinski definition) is 1. The Morgan fingerprint density at radius 3 is 2.39 bits per heavy atom. The highest BCUT2D eigenvalue weighted by Gasteiger charge is 2.26. The van der Waals surface area contributed by atoms with Gasteiger partial charge in [0.1, 0.15) is 17.2 Å². The van der Waals surface area contributed by atoms with Crippen molar-refractivity contribution in [2.75, 3.05) is 44.8 Å². The Morgan fingerprint density at radius 1 is 1.12 bits per heavy atom. The van der Waals surface area contributed by atoms with Crippen molar-refractivity contribution in [1.29, 1.82) is 0 Å². The van der Waals surface area contributed by atoms with Crippen LogP contribution >= 0.6 is 12.2 Å². The minimum atomic E-state index is -0.408. The summed E-state index contributed by atoms with van der Waals surface area (Å²) >= 11 is 5.43. The zero-order chi connectivity index (χ0) is 23.8. The second-order valence-corrected chi connectivity index (χ2v) is 7.96. The summed E-state index contributed by atoms with van der Waals surface area (Å²) in [6, 6.07) is 11.8. The van der Waals surface area contributed by atoms with Crippen LogP contribution in [0, 0.1) is 10.1 Å². The number of nitrogens with one attached hydrogen (secondary N) is 1. The van der Waals surface area contributed by atoms with Gasteiger partial charge < -0.3 is 19.3 Å². The van der Waals surface area contributed by atoms with Crippen LogP contribution in [0.4, 0.5) is 11.4 Å². The third kappa shape index (κ3) is 6.32. The van der Waals surface area contributed by atoms with Crippen molar-refractivity contribution in [3.63, 3.8) is 0 Å². The first-order valence-corrected chi connectivity index (χ1v) is 11.2. The zero-order valence-corrected chi connectivity index (χ0v) is 19.6. The second-order valence-electron chi connectivity index (χ2n) is 7.57. The number of nitro groups is 1. The van der Waals surface area contributed by atoms with E-state index in [4.69, 9.17) is 21.7 Å². The number of rotatable bonds is 8. The van der Waals surface area contributed by atoms with Crippen LogP contribution in [0.15, 0.2) is 42.5 Å². The van der Waals surface area contributed by atoms with Gasteiger partial charge in [-0.05, 0) is 55.0 Å². The van der Waals surface area contributed by atoms with E-state index in [1.54, 1.807) is 36.4 Å². The fourth-order valence-electron chi connectivity index (χ4n) is 3.48. The molecule has 1 aliphatic rings. The van der Waals surface area contributed by atoms with Gasteiger partial charge in [-0.25, -0.2) is 0 Å². The number of piperazine rings is 1. The van der Waals surface area contributed by atoms with Crippen LogP contribution in [0.25, 0.3) is 0 Å². The van der Waals surface area contributed by atoms with Crippen LogP contribution in [0.2, 0.25) is 0 Å². The van der Waals surface area contributed by atoms with Gasteiger partial charge in [-0.3, -0.25) is 20.2 Å². The van der Waals surface area contributed by atoms with Gasteiger partial charge in [0.05, 0.1) is 24.7 Å². The first kappa shape index (κ1) is 24.2. The number of amides is 1. The molecule has 0 aromatic heterocycles. The fourth-order valence-corrected chi connectivity index (χ4v) is 3.75. The van der Waals surface area contributed by atoms with Gasteiger partial charge in [0.2, 0.25) is 0 Å². The summed E-state index contributed by atoms with van der Waals surface area (Å²) in [5.41, 5.74) is 1.03. The third-order valence-electron chi connectivity index (χ3n) is 5.39. The lowest BCUT2D eigenvalue weighted by molar-refractivity contribution is -0.384. The van der Waals surface area contributed by atoms with Crippen molar-refractivity contribution in [3.05, 3.63) is 58.1 Å². The summed E-state index contributed by atoms with van der Waals surface area (Å²) in [6.07, 6.45) is 2.04. The van der Waals surface area contributed by atoms with E-state index in [0.717, 1.165) is 18.6 Å². The number of nitro benzene ring substituents is 1. The van der Waals surface area contributed by atoms with Crippen LogP contribution in [-0.2, 0) is 0 Å². The average Bonchev–Trinajstić information content (AvgIpc) is 2.84. The number of ether oxygens (including phenoxy) is 2. The van der Waals surface area contributed by atoms with E-state index < -0.39 is 4.92 Å². The molecule has 0 unspecified atom stereocenters. The molecule has 0 bridgehead atoms. The lowest BCUT2D eigenvalue weighted by Crippen LogP contribution is -2.52. The first-order chi connectivity index (χ1) is 15.9. The van der Waals surface area contributed by atoms with E-state index in [0.29, 0.717) is 54.9 Å². The Morgan fingerprint density at radius 2 is 1.79 bits per heavy atom. The van der Waals surface area contributed by atoms with E-state index in [2.05, 4.69) is 12.2 Å². The highest BCUT2D eigenvalue weighted by Crippen LogP contribution is 2.32. The molecule has 1 amide bonds. The standard InChI is InChI=1S/C23H28N4O5S/c1-3-4-15-32-18-7-5-17(6-8-18)22(28)24-23(33)26-13-11-25(12-14-26)20-10-9-19(31-2)16-21(20)27(29)30/h5-10,16H,3-4,11-15H2,1-2H3,(H,24,28,33). The minimum absolute atomic E-state index is 0.000741. The average molecular weight is 473 g/mol. The predicted octanol–water partition coefficient (Wildman–Crippen LogP) is 3.62. The molecule has 0 radical (unpaired) electrons. The van der Waals surface area contributed by atoms with Crippen LogP contribution in [0.5, 0.6) is 11.5 Å². The van der Waals surface area contributed by atoms with Gasteiger partial charge in [-0.2, -0.15) is 0 Å². The molecular formula is C23H28N4O5S. The molecule has 1 heterocycles. The summed E-state index contributed by atoms with van der Waals surface area (Å²) in [5, 5.41) is 14.6. The van der Waals surface area contributed by atoms with Gasteiger partial charge in [0, 0.05) is 31.7 Å². The number of thiocarbonyl (C=S) groups is 1. The minimum Gasteiger partial charge on any atom is -0.496 e. The fraction of sp³-hybridized carbons (Fsp3) is 0.391. The Hall–Kier alpha value is -3.40. The number of carbonyl (C=O) groups excluding carboxylic acids is 1. The van der Waals surface area contributed by atoms with E-state index in [-0.39, 0.29) is 11.6 Å². The van der Waals surface area contributed by atoms with E-state index >= 15 is 0 Å². The maximum absolute atomic E-state index is 12.6. The van der Waals surface area contributed by atoms with Gasteiger partial charge in [-0.15, -0.1) is 0 Å². The molecule has 0 atom stereocenters. The Kier molecular flexibility index (Phi) is 8.42. The van der Waals surface area contributed by atoms with Gasteiger partial charge >= 0.3 is 0 Å². The van der Waals surface area contributed by atoms with Crippen LogP contribution in [0.1, 0.15) is 30.1 Å². The molecule has 1 fully saturated rings. The molecule has 1 aliphatic heterocycles. The Labute approximate surface area is 198 Å². The lowest BCUT2D eigenvalue weighted by Gasteiger charge is -2.37. The van der Waals surface area contributed by atoms with E-state index in [9.17, 15) is 14.9 Å². The molecular weight excluding hydrogens is 444 g/mol. The van der Waals surface area contributed by atoms with Crippen LogP contribution in [0.3, 0.4) is 0 Å². The maximum atomic E-state index is 12.6. The Bertz CT molecular complexity index is 991. The van der Waals surface area contributed by atoms with E-state index in [1.807, 2.05) is 9.80 Å². The number of benzene rings is 2. The van der Waals surface area contributed by atoms with E-state index in [1.165, 1.54) is 13.2 Å². The van der Waals surface area contributed by atoms with Crippen molar-refractivity contribution in [2.24, 2.45) is 0 Å². The lowest BCUT2D eigenvalue weighted by atomic mass is 10.2. The smallest absolute Gasteiger partial charge is 0.296 e. The zero-order valence-electron chi connectivity index (χ0n) is 18.8. The largest absolute Gasteiger partial charge is 0.496 e. The highest BCUT2D eigenvalue weighted by molar-refractivity contribution is 7.80. The van der Waals surface area contributed by atoms with Gasteiger partial charge in [0.25, 0.3) is 11.6 Å². The summed E-state index contributed by atoms with van der Waals surface area (Å²) in [7, 11) is 1.47. The maximum Gasteiger partial charge on any atom is 0.296 e. The number of nitrogens with zero attached hydrogens (tertiary/aromatic N) is 3. The summed E-state index contributed by atoms with van der Waals surface area (Å²) < 4.78 is 10.7. The summed E-state index contributed by atoms with van der Waals surface area (Å²) in [4.78, 5) is 27.5. The highest BCUT2D eigenvalue weighted by atomic mass is 32.1. The molecule has 2 aromatic carbocycles. The molecule has 0 saturated carbocycles. The predicted molar refractivity (Wildman–Crippen MR) is 130 cm³/mol. The normalized spacial score (nSPS) is 13.4. The van der Waals surface area contributed by atoms with Crippen molar-refractivity contribution in [1.82, 2.24) is 10.2 Å². The molecule has 176 valence electrons. The SMILES string of the molecule is CCCCOc1ccc(C(=O)NC(=S)N2CCN(c3ccc(OC)cc3[N+](=O)[O-])CC2)cc1. The topological polar surface area (TPSA) is 97.2 Å². The molecule has 0 aliphatic carbocycles. The molecule has 33 heavy (non-hydrogen) atoms. The quantitative estimate of drug-likeness (QED) is 0.269. The van der Waals surface area contributed by atoms with Gasteiger partial charge in [-0.1, -0.05) is 13.3 Å². The molecule has 2 aromatic rings. The molecule has 1 N–H and O–H groups in total. The molecule has 1 saturated heterocycles. The molecule has 0 spiro atoms. The summed E-state index contributed by atoms with van der Waals surface area (Å²) in [5.74, 6) is 0.883. The van der Waals surface area contributed by atoms with Crippen LogP contribution < -0.4 is 19.7 Å². The molecule has 10 heteroatoms.